The van der Waals surface area contributed by atoms with E-state index in [-0.39, 0.29) is 18.0 Å². The summed E-state index contributed by atoms with van der Waals surface area (Å²) in [6, 6.07) is 9.68. The summed E-state index contributed by atoms with van der Waals surface area (Å²) in [7, 11) is 0. The first-order valence-corrected chi connectivity index (χ1v) is 10.5. The number of hydrogen-bond acceptors (Lipinski definition) is 5. The number of rotatable bonds is 7. The Kier molecular flexibility index (Phi) is 7.26. The molecule has 0 unspecified atom stereocenters. The number of ether oxygens (including phenoxy) is 1. The van der Waals surface area contributed by atoms with Crippen LogP contribution in [-0.4, -0.2) is 49.7 Å². The van der Waals surface area contributed by atoms with Gasteiger partial charge >= 0.3 is 0 Å². The second-order valence-electron chi connectivity index (χ2n) is 6.76. The van der Waals surface area contributed by atoms with Crippen LogP contribution in [0.3, 0.4) is 0 Å². The fourth-order valence-electron chi connectivity index (χ4n) is 3.13. The van der Waals surface area contributed by atoms with E-state index in [1.165, 1.54) is 4.88 Å². The first kappa shape index (κ1) is 20.3. The molecule has 2 atom stereocenters. The lowest BCUT2D eigenvalue weighted by molar-refractivity contribution is -0.117. The molecule has 0 spiro atoms. The number of anilines is 1. The highest BCUT2D eigenvalue weighted by molar-refractivity contribution is 7.10. The van der Waals surface area contributed by atoms with E-state index in [0.29, 0.717) is 11.6 Å². The van der Waals surface area contributed by atoms with Crippen LogP contribution >= 0.6 is 22.9 Å². The van der Waals surface area contributed by atoms with Crippen molar-refractivity contribution >= 4 is 34.5 Å². The number of benzene rings is 1. The smallest absolute Gasteiger partial charge is 0.241 e. The molecule has 2 aromatic rings. The quantitative estimate of drug-likeness (QED) is 0.734. The zero-order chi connectivity index (χ0) is 19.2. The standard InChI is InChI=1S/C20H26ClN3O2S/c1-14-5-6-16(21)12-17(14)23-20(25)15(2)22-13-18(19-4-3-11-27-19)24-7-9-26-10-8-24/h3-6,11-12,15,18,22H,7-10,13H2,1-2H3,(H,23,25)/t15-,18+/m1/s1. The van der Waals surface area contributed by atoms with Gasteiger partial charge in [0, 0.05) is 35.2 Å². The average Bonchev–Trinajstić information content (AvgIpc) is 3.20. The molecule has 1 fully saturated rings. The third-order valence-electron chi connectivity index (χ3n) is 4.83. The molecule has 1 amide bonds. The molecule has 1 aliphatic heterocycles. The third-order valence-corrected chi connectivity index (χ3v) is 6.03. The first-order chi connectivity index (χ1) is 13.0. The van der Waals surface area contributed by atoms with Crippen molar-refractivity contribution in [3.05, 3.63) is 51.2 Å². The summed E-state index contributed by atoms with van der Waals surface area (Å²) in [5, 5.41) is 9.08. The fourth-order valence-corrected chi connectivity index (χ4v) is 4.16. The van der Waals surface area contributed by atoms with Crippen molar-refractivity contribution in [2.75, 3.05) is 38.2 Å². The second kappa shape index (κ2) is 9.66. The SMILES string of the molecule is Cc1ccc(Cl)cc1NC(=O)[C@@H](C)NC[C@@H](c1cccs1)N1CCOCC1. The number of aryl methyl sites for hydroxylation is 1. The monoisotopic (exact) mass is 407 g/mol. The van der Waals surface area contributed by atoms with E-state index in [1.807, 2.05) is 26.0 Å². The van der Waals surface area contributed by atoms with Gasteiger partial charge in [-0.05, 0) is 43.0 Å². The molecule has 1 aromatic carbocycles. The second-order valence-corrected chi connectivity index (χ2v) is 8.17. The topological polar surface area (TPSA) is 53.6 Å². The Morgan fingerprint density at radius 3 is 2.81 bits per heavy atom. The Bertz CT molecular complexity index is 748. The number of thiophene rings is 1. The minimum absolute atomic E-state index is 0.0627. The van der Waals surface area contributed by atoms with Gasteiger partial charge < -0.3 is 15.4 Å². The largest absolute Gasteiger partial charge is 0.379 e. The maximum atomic E-state index is 12.6. The molecule has 0 aliphatic carbocycles. The van der Waals surface area contributed by atoms with Crippen LogP contribution < -0.4 is 10.6 Å². The van der Waals surface area contributed by atoms with E-state index in [4.69, 9.17) is 16.3 Å². The summed E-state index contributed by atoms with van der Waals surface area (Å²) >= 11 is 7.80. The van der Waals surface area contributed by atoms with Crippen molar-refractivity contribution in [3.8, 4) is 0 Å². The summed E-state index contributed by atoms with van der Waals surface area (Å²) in [5.41, 5.74) is 1.74. The van der Waals surface area contributed by atoms with Crippen molar-refractivity contribution in [1.82, 2.24) is 10.2 Å². The van der Waals surface area contributed by atoms with Crippen molar-refractivity contribution in [2.45, 2.75) is 25.9 Å². The molecule has 7 heteroatoms. The van der Waals surface area contributed by atoms with Crippen LogP contribution in [-0.2, 0) is 9.53 Å². The zero-order valence-corrected chi connectivity index (χ0v) is 17.3. The highest BCUT2D eigenvalue weighted by Crippen LogP contribution is 2.25. The van der Waals surface area contributed by atoms with E-state index in [2.05, 4.69) is 33.0 Å². The lowest BCUT2D eigenvalue weighted by Crippen LogP contribution is -2.46. The number of morpholine rings is 1. The predicted octanol–water partition coefficient (Wildman–Crippen LogP) is 3.70. The van der Waals surface area contributed by atoms with Crippen LogP contribution in [0.2, 0.25) is 5.02 Å². The van der Waals surface area contributed by atoms with Crippen molar-refractivity contribution < 1.29 is 9.53 Å². The molecular formula is C20H26ClN3O2S. The maximum Gasteiger partial charge on any atom is 0.241 e. The van der Waals surface area contributed by atoms with Crippen LogP contribution in [0.4, 0.5) is 5.69 Å². The molecule has 5 nitrogen and oxygen atoms in total. The fraction of sp³-hybridized carbons (Fsp3) is 0.450. The number of nitrogens with zero attached hydrogens (tertiary/aromatic N) is 1. The van der Waals surface area contributed by atoms with Gasteiger partial charge in [0.2, 0.25) is 5.91 Å². The lowest BCUT2D eigenvalue weighted by Gasteiger charge is -2.34. The van der Waals surface area contributed by atoms with Gasteiger partial charge in [-0.3, -0.25) is 9.69 Å². The van der Waals surface area contributed by atoms with Gasteiger partial charge in [-0.1, -0.05) is 23.7 Å². The van der Waals surface area contributed by atoms with Crippen LogP contribution in [0.5, 0.6) is 0 Å². The summed E-state index contributed by atoms with van der Waals surface area (Å²) in [5.74, 6) is -0.0627. The van der Waals surface area contributed by atoms with Crippen LogP contribution in [0.1, 0.15) is 23.4 Å². The first-order valence-electron chi connectivity index (χ1n) is 9.20. The van der Waals surface area contributed by atoms with Gasteiger partial charge in [0.25, 0.3) is 0 Å². The molecule has 146 valence electrons. The normalized spacial score (nSPS) is 17.4. The van der Waals surface area contributed by atoms with Gasteiger partial charge in [-0.15, -0.1) is 11.3 Å². The maximum absolute atomic E-state index is 12.6. The Hall–Kier alpha value is -1.44. The van der Waals surface area contributed by atoms with Crippen molar-refractivity contribution in [1.29, 1.82) is 0 Å². The van der Waals surface area contributed by atoms with E-state index < -0.39 is 0 Å². The van der Waals surface area contributed by atoms with Crippen LogP contribution in [0, 0.1) is 6.92 Å². The van der Waals surface area contributed by atoms with E-state index in [1.54, 1.807) is 17.4 Å². The van der Waals surface area contributed by atoms with Crippen molar-refractivity contribution in [3.63, 3.8) is 0 Å². The molecule has 1 aromatic heterocycles. The van der Waals surface area contributed by atoms with Gasteiger partial charge in [0.05, 0.1) is 25.3 Å². The Balaban J connectivity index is 1.60. The number of halogens is 1. The Labute approximate surface area is 169 Å². The van der Waals surface area contributed by atoms with Crippen molar-refractivity contribution in [2.24, 2.45) is 0 Å². The van der Waals surface area contributed by atoms with Gasteiger partial charge in [0.15, 0.2) is 0 Å². The molecule has 1 saturated heterocycles. The number of amides is 1. The predicted molar refractivity (Wildman–Crippen MR) is 112 cm³/mol. The molecule has 3 rings (SSSR count). The minimum Gasteiger partial charge on any atom is -0.379 e. The minimum atomic E-state index is -0.313. The van der Waals surface area contributed by atoms with E-state index in [9.17, 15) is 4.79 Å². The number of carbonyl (C=O) groups is 1. The molecular weight excluding hydrogens is 382 g/mol. The summed E-state index contributed by atoms with van der Waals surface area (Å²) in [4.78, 5) is 16.3. The number of nitrogens with one attached hydrogen (secondary N) is 2. The van der Waals surface area contributed by atoms with Gasteiger partial charge in [0.1, 0.15) is 0 Å². The highest BCUT2D eigenvalue weighted by Gasteiger charge is 2.25. The average molecular weight is 408 g/mol. The Morgan fingerprint density at radius 2 is 2.11 bits per heavy atom. The van der Waals surface area contributed by atoms with Crippen LogP contribution in [0.15, 0.2) is 35.7 Å². The van der Waals surface area contributed by atoms with Gasteiger partial charge in [-0.25, -0.2) is 0 Å². The highest BCUT2D eigenvalue weighted by atomic mass is 35.5. The molecule has 2 N–H and O–H groups in total. The zero-order valence-electron chi connectivity index (χ0n) is 15.7. The number of hydrogen-bond donors (Lipinski definition) is 2. The number of carbonyl (C=O) groups excluding carboxylic acids is 1. The lowest BCUT2D eigenvalue weighted by atomic mass is 10.1. The summed E-state index contributed by atoms with van der Waals surface area (Å²) in [6.07, 6.45) is 0. The Morgan fingerprint density at radius 1 is 1.33 bits per heavy atom. The summed E-state index contributed by atoms with van der Waals surface area (Å²) < 4.78 is 5.48. The molecule has 2 heterocycles. The molecule has 0 bridgehead atoms. The third kappa shape index (κ3) is 5.53. The molecule has 0 radical (unpaired) electrons. The molecule has 0 saturated carbocycles. The van der Waals surface area contributed by atoms with E-state index in [0.717, 1.165) is 37.6 Å². The molecule has 27 heavy (non-hydrogen) atoms. The summed E-state index contributed by atoms with van der Waals surface area (Å²) in [6.45, 7) is 7.88. The van der Waals surface area contributed by atoms with Crippen LogP contribution in [0.25, 0.3) is 0 Å². The molecule has 1 aliphatic rings. The van der Waals surface area contributed by atoms with E-state index >= 15 is 0 Å². The van der Waals surface area contributed by atoms with Gasteiger partial charge in [-0.2, -0.15) is 0 Å².